The minimum Gasteiger partial charge on any atom is -0.507 e. The standard InChI is InChI=1S/C26H28O14/c27-7-17-20(31)21(32)22(33)24(40-17)39-13-5-15(29)18-16(6-13)36-8-14(19(18)30)11-1-3-12(4-2-11)38-25-23(34)26(35,9-28)10-37-25/h1-6,8,17,20-25,27-29,31-35H,7,9-10H2/t17-,20-,21-,22-,23-,24-,25-,26-/m0/s1. The lowest BCUT2D eigenvalue weighted by atomic mass is 9.99. The van der Waals surface area contributed by atoms with E-state index in [4.69, 9.17) is 23.4 Å². The molecule has 1 aromatic heterocycles. The van der Waals surface area contributed by atoms with Crippen LogP contribution in [-0.4, -0.2) is 109 Å². The lowest BCUT2D eigenvalue weighted by molar-refractivity contribution is -0.277. The van der Waals surface area contributed by atoms with Crippen molar-refractivity contribution in [2.45, 2.75) is 48.7 Å². The van der Waals surface area contributed by atoms with Gasteiger partial charge < -0.3 is 64.2 Å². The van der Waals surface area contributed by atoms with Crippen LogP contribution in [0.1, 0.15) is 0 Å². The third-order valence-electron chi connectivity index (χ3n) is 6.93. The monoisotopic (exact) mass is 564 g/mol. The quantitative estimate of drug-likeness (QED) is 0.158. The van der Waals surface area contributed by atoms with Crippen LogP contribution in [0.25, 0.3) is 22.1 Å². The van der Waals surface area contributed by atoms with Crippen molar-refractivity contribution in [3.63, 3.8) is 0 Å². The molecule has 3 heterocycles. The van der Waals surface area contributed by atoms with Gasteiger partial charge in [-0.3, -0.25) is 4.79 Å². The van der Waals surface area contributed by atoms with Crippen molar-refractivity contribution in [2.24, 2.45) is 0 Å². The van der Waals surface area contributed by atoms with Crippen LogP contribution in [0.3, 0.4) is 0 Å². The Morgan fingerprint density at radius 3 is 2.27 bits per heavy atom. The van der Waals surface area contributed by atoms with Crippen molar-refractivity contribution >= 4 is 11.0 Å². The Hall–Kier alpha value is -3.31. The Labute approximate surface area is 225 Å². The number of aliphatic hydroxyl groups excluding tert-OH is 6. The first-order valence-electron chi connectivity index (χ1n) is 12.2. The predicted octanol–water partition coefficient (Wildman–Crippen LogP) is -1.84. The van der Waals surface area contributed by atoms with Gasteiger partial charge in [0.05, 0.1) is 25.4 Å². The highest BCUT2D eigenvalue weighted by Gasteiger charge is 2.49. The fourth-order valence-corrected chi connectivity index (χ4v) is 4.52. The van der Waals surface area contributed by atoms with E-state index in [0.717, 1.165) is 6.07 Å². The number of phenolic OH excluding ortho intramolecular Hbond substituents is 1. The molecule has 0 saturated carbocycles. The fraction of sp³-hybridized carbons (Fsp3) is 0.423. The normalized spacial score (nSPS) is 32.3. The van der Waals surface area contributed by atoms with E-state index in [1.807, 2.05) is 0 Å². The van der Waals surface area contributed by atoms with Gasteiger partial charge in [0.1, 0.15) is 70.6 Å². The first kappa shape index (κ1) is 28.2. The summed E-state index contributed by atoms with van der Waals surface area (Å²) in [4.78, 5) is 13.2. The molecule has 2 saturated heterocycles. The molecule has 14 heteroatoms. The molecule has 14 nitrogen and oxygen atoms in total. The molecular weight excluding hydrogens is 536 g/mol. The van der Waals surface area contributed by atoms with E-state index < -0.39 is 73.1 Å². The molecule has 8 N–H and O–H groups in total. The average Bonchev–Trinajstić information content (AvgIpc) is 3.23. The maximum Gasteiger partial charge on any atom is 0.229 e. The minimum absolute atomic E-state index is 0.0583. The molecule has 2 fully saturated rings. The van der Waals surface area contributed by atoms with E-state index in [-0.39, 0.29) is 34.6 Å². The van der Waals surface area contributed by atoms with Crippen molar-refractivity contribution < 1.29 is 64.2 Å². The molecule has 2 aromatic carbocycles. The summed E-state index contributed by atoms with van der Waals surface area (Å²) >= 11 is 0. The molecule has 2 aliphatic heterocycles. The number of ether oxygens (including phenoxy) is 4. The molecule has 2 aliphatic rings. The van der Waals surface area contributed by atoms with Gasteiger partial charge in [0.15, 0.2) is 0 Å². The lowest BCUT2D eigenvalue weighted by Gasteiger charge is -2.39. The van der Waals surface area contributed by atoms with Gasteiger partial charge in [-0.2, -0.15) is 0 Å². The highest BCUT2D eigenvalue weighted by Crippen LogP contribution is 2.33. The molecule has 5 rings (SSSR count). The van der Waals surface area contributed by atoms with Crippen molar-refractivity contribution in [3.8, 4) is 28.4 Å². The zero-order valence-electron chi connectivity index (χ0n) is 20.7. The van der Waals surface area contributed by atoms with Crippen LogP contribution in [-0.2, 0) is 9.47 Å². The number of hydrogen-bond donors (Lipinski definition) is 8. The molecule has 0 bridgehead atoms. The van der Waals surface area contributed by atoms with Crippen LogP contribution in [0.15, 0.2) is 51.9 Å². The van der Waals surface area contributed by atoms with Gasteiger partial charge in [-0.05, 0) is 17.7 Å². The molecule has 0 unspecified atom stereocenters. The molecule has 0 aliphatic carbocycles. The fourth-order valence-electron chi connectivity index (χ4n) is 4.52. The molecule has 0 spiro atoms. The highest BCUT2D eigenvalue weighted by molar-refractivity contribution is 5.88. The van der Waals surface area contributed by atoms with Crippen molar-refractivity contribution in [2.75, 3.05) is 19.8 Å². The van der Waals surface area contributed by atoms with Gasteiger partial charge in [-0.1, -0.05) is 12.1 Å². The Balaban J connectivity index is 1.35. The molecule has 0 radical (unpaired) electrons. The second-order valence-corrected chi connectivity index (χ2v) is 9.64. The van der Waals surface area contributed by atoms with Gasteiger partial charge >= 0.3 is 0 Å². The first-order valence-corrected chi connectivity index (χ1v) is 12.2. The van der Waals surface area contributed by atoms with E-state index >= 15 is 0 Å². The van der Waals surface area contributed by atoms with E-state index in [9.17, 15) is 45.6 Å². The number of benzene rings is 2. The summed E-state index contributed by atoms with van der Waals surface area (Å²) in [6.45, 7) is -1.68. The largest absolute Gasteiger partial charge is 0.507 e. The molecule has 216 valence electrons. The maximum absolute atomic E-state index is 13.2. The summed E-state index contributed by atoms with van der Waals surface area (Å²) in [5.74, 6) is -0.342. The topological polar surface area (TPSA) is 229 Å². The van der Waals surface area contributed by atoms with Crippen molar-refractivity contribution in [1.29, 1.82) is 0 Å². The maximum atomic E-state index is 13.2. The number of aromatic hydroxyl groups is 1. The van der Waals surface area contributed by atoms with E-state index in [1.54, 1.807) is 0 Å². The average molecular weight is 564 g/mol. The number of fused-ring (bicyclic) bond motifs is 1. The van der Waals surface area contributed by atoms with Gasteiger partial charge in [0, 0.05) is 12.1 Å². The van der Waals surface area contributed by atoms with E-state index in [0.29, 0.717) is 5.56 Å². The summed E-state index contributed by atoms with van der Waals surface area (Å²) in [6, 6.07) is 8.38. The summed E-state index contributed by atoms with van der Waals surface area (Å²) in [6.07, 6.45) is -9.16. The van der Waals surface area contributed by atoms with Crippen LogP contribution in [0.2, 0.25) is 0 Å². The zero-order valence-corrected chi connectivity index (χ0v) is 20.7. The SMILES string of the molecule is O=c1c(-c2ccc(O[C@@H]3OC[C@@](O)(CO)[C@H]3O)cc2)coc2cc(O[C@H]3O[C@@H](CO)[C@H](O)[C@H](O)[C@@H]3O)cc(O)c12. The van der Waals surface area contributed by atoms with Crippen molar-refractivity contribution in [1.82, 2.24) is 0 Å². The zero-order chi connectivity index (χ0) is 28.8. The van der Waals surface area contributed by atoms with E-state index in [1.165, 1.54) is 36.6 Å². The highest BCUT2D eigenvalue weighted by atomic mass is 16.7. The number of aliphatic hydroxyl groups is 7. The van der Waals surface area contributed by atoms with Gasteiger partial charge in [-0.15, -0.1) is 0 Å². The summed E-state index contributed by atoms with van der Waals surface area (Å²) in [5.41, 5.74) is -1.96. The summed E-state index contributed by atoms with van der Waals surface area (Å²) in [7, 11) is 0. The third kappa shape index (κ3) is 5.01. The number of phenols is 1. The smallest absolute Gasteiger partial charge is 0.229 e. The Bertz CT molecular complexity index is 1410. The summed E-state index contributed by atoms with van der Waals surface area (Å²) in [5, 5.41) is 79.3. The second-order valence-electron chi connectivity index (χ2n) is 9.64. The Morgan fingerprint density at radius 2 is 1.62 bits per heavy atom. The minimum atomic E-state index is -1.84. The molecular formula is C26H28O14. The van der Waals surface area contributed by atoms with Gasteiger partial charge in [0.25, 0.3) is 0 Å². The van der Waals surface area contributed by atoms with Gasteiger partial charge in [0.2, 0.25) is 18.0 Å². The van der Waals surface area contributed by atoms with Crippen LogP contribution in [0, 0.1) is 0 Å². The molecule has 40 heavy (non-hydrogen) atoms. The number of hydrogen-bond acceptors (Lipinski definition) is 14. The molecule has 8 atom stereocenters. The molecule has 3 aromatic rings. The third-order valence-corrected chi connectivity index (χ3v) is 6.93. The van der Waals surface area contributed by atoms with Crippen LogP contribution in [0.4, 0.5) is 0 Å². The van der Waals surface area contributed by atoms with Crippen LogP contribution >= 0.6 is 0 Å². The van der Waals surface area contributed by atoms with Crippen LogP contribution in [0.5, 0.6) is 17.2 Å². The van der Waals surface area contributed by atoms with E-state index in [2.05, 4.69) is 0 Å². The Kier molecular flexibility index (Phi) is 7.71. The van der Waals surface area contributed by atoms with Crippen molar-refractivity contribution in [3.05, 3.63) is 52.9 Å². The molecule has 0 amide bonds. The first-order chi connectivity index (χ1) is 19.1. The second kappa shape index (κ2) is 10.9. The summed E-state index contributed by atoms with van der Waals surface area (Å²) < 4.78 is 27.1. The van der Waals surface area contributed by atoms with Crippen LogP contribution < -0.4 is 14.9 Å². The predicted molar refractivity (Wildman–Crippen MR) is 132 cm³/mol. The lowest BCUT2D eigenvalue weighted by Crippen LogP contribution is -2.60. The Morgan fingerprint density at radius 1 is 0.925 bits per heavy atom. The van der Waals surface area contributed by atoms with Gasteiger partial charge in [-0.25, -0.2) is 0 Å². The number of rotatable bonds is 7.